The third kappa shape index (κ3) is 1.61. The summed E-state index contributed by atoms with van der Waals surface area (Å²) in [6.07, 6.45) is 3.86. The van der Waals surface area contributed by atoms with E-state index in [1.807, 2.05) is 36.4 Å². The van der Waals surface area contributed by atoms with E-state index >= 15 is 0 Å². The lowest BCUT2D eigenvalue weighted by Crippen LogP contribution is -2.35. The minimum Gasteiger partial charge on any atom is -0.497 e. The van der Waals surface area contributed by atoms with Crippen molar-refractivity contribution in [2.24, 2.45) is 0 Å². The zero-order valence-electron chi connectivity index (χ0n) is 10.1. The van der Waals surface area contributed by atoms with Gasteiger partial charge in [-0.15, -0.1) is 0 Å². The Morgan fingerprint density at radius 1 is 1.44 bits per heavy atom. The highest BCUT2D eigenvalue weighted by atomic mass is 16.6. The topological polar surface area (TPSA) is 44.8 Å². The fourth-order valence-electron chi connectivity index (χ4n) is 2.56. The van der Waals surface area contributed by atoms with Crippen molar-refractivity contribution in [2.45, 2.75) is 11.5 Å². The van der Waals surface area contributed by atoms with E-state index in [1.54, 1.807) is 7.11 Å². The molecule has 2 heterocycles. The first-order valence-electron chi connectivity index (χ1n) is 5.87. The van der Waals surface area contributed by atoms with Gasteiger partial charge in [0.15, 0.2) is 0 Å². The second-order valence-electron chi connectivity index (χ2n) is 4.49. The fraction of sp³-hybridized carbons (Fsp3) is 0.357. The Hall–Kier alpha value is -1.81. The van der Waals surface area contributed by atoms with Crippen LogP contribution in [0.25, 0.3) is 0 Å². The van der Waals surface area contributed by atoms with E-state index in [-0.39, 0.29) is 12.6 Å². The molecule has 1 spiro atoms. The van der Waals surface area contributed by atoms with Gasteiger partial charge in [0.25, 0.3) is 0 Å². The molecule has 1 fully saturated rings. The molecule has 0 amide bonds. The van der Waals surface area contributed by atoms with Crippen molar-refractivity contribution in [3.63, 3.8) is 0 Å². The molecule has 18 heavy (non-hydrogen) atoms. The van der Waals surface area contributed by atoms with E-state index < -0.39 is 11.5 Å². The minimum atomic E-state index is -0.635. The Kier molecular flexibility index (Phi) is 2.59. The Bertz CT molecular complexity index is 508. The standard InChI is InChI=1S/C14H14O4/c1-16-11-5-2-4-10(8-11)12-13(15)17-9-14(12)6-3-7-18-14/h2-6,8,12H,7,9H2,1H3/t12-,14+/m1/s1. The summed E-state index contributed by atoms with van der Waals surface area (Å²) in [7, 11) is 1.60. The number of hydrogen-bond acceptors (Lipinski definition) is 4. The van der Waals surface area contributed by atoms with Crippen molar-refractivity contribution < 1.29 is 19.0 Å². The van der Waals surface area contributed by atoms with Gasteiger partial charge in [0.1, 0.15) is 23.9 Å². The van der Waals surface area contributed by atoms with Gasteiger partial charge < -0.3 is 14.2 Å². The molecule has 4 nitrogen and oxygen atoms in total. The summed E-state index contributed by atoms with van der Waals surface area (Å²) in [6.45, 7) is 0.807. The summed E-state index contributed by atoms with van der Waals surface area (Å²) >= 11 is 0. The summed E-state index contributed by atoms with van der Waals surface area (Å²) in [6, 6.07) is 7.47. The van der Waals surface area contributed by atoms with Gasteiger partial charge in [0.05, 0.1) is 13.7 Å². The van der Waals surface area contributed by atoms with Gasteiger partial charge in [0.2, 0.25) is 0 Å². The van der Waals surface area contributed by atoms with E-state index in [2.05, 4.69) is 0 Å². The highest BCUT2D eigenvalue weighted by Crippen LogP contribution is 2.42. The molecule has 0 radical (unpaired) electrons. The van der Waals surface area contributed by atoms with Crippen LogP contribution in [0, 0.1) is 0 Å². The SMILES string of the molecule is COc1cccc([C@@H]2C(=O)OC[C@@]23C=CCO3)c1. The number of benzene rings is 1. The summed E-state index contributed by atoms with van der Waals surface area (Å²) in [5.74, 6) is 0.0745. The van der Waals surface area contributed by atoms with Crippen molar-refractivity contribution in [2.75, 3.05) is 20.3 Å². The molecule has 1 aromatic rings. The van der Waals surface area contributed by atoms with Crippen LogP contribution < -0.4 is 4.74 Å². The van der Waals surface area contributed by atoms with Gasteiger partial charge in [0, 0.05) is 0 Å². The Balaban J connectivity index is 2.02. The van der Waals surface area contributed by atoms with E-state index in [9.17, 15) is 4.79 Å². The molecule has 0 aliphatic carbocycles. The molecule has 94 valence electrons. The summed E-state index contributed by atoms with van der Waals surface area (Å²) in [5.41, 5.74) is 0.229. The van der Waals surface area contributed by atoms with Crippen LogP contribution in [0.5, 0.6) is 5.75 Å². The van der Waals surface area contributed by atoms with Gasteiger partial charge in [-0.3, -0.25) is 4.79 Å². The third-order valence-electron chi connectivity index (χ3n) is 3.44. The lowest BCUT2D eigenvalue weighted by atomic mass is 9.84. The van der Waals surface area contributed by atoms with Crippen LogP contribution in [0.15, 0.2) is 36.4 Å². The van der Waals surface area contributed by atoms with Crippen molar-refractivity contribution in [3.8, 4) is 5.75 Å². The van der Waals surface area contributed by atoms with Gasteiger partial charge in [-0.1, -0.05) is 18.2 Å². The number of carbonyl (C=O) groups is 1. The molecule has 2 aliphatic rings. The first-order valence-corrected chi connectivity index (χ1v) is 5.87. The predicted octanol–water partition coefficient (Wildman–Crippen LogP) is 1.66. The van der Waals surface area contributed by atoms with Crippen molar-refractivity contribution >= 4 is 5.97 Å². The number of rotatable bonds is 2. The minimum absolute atomic E-state index is 0.241. The van der Waals surface area contributed by atoms with Gasteiger partial charge in [-0.05, 0) is 23.8 Å². The van der Waals surface area contributed by atoms with Crippen LogP contribution in [-0.4, -0.2) is 31.9 Å². The molecule has 0 N–H and O–H groups in total. The molecule has 3 rings (SSSR count). The van der Waals surface area contributed by atoms with E-state index in [0.29, 0.717) is 6.61 Å². The first kappa shape index (κ1) is 11.3. The second kappa shape index (κ2) is 4.14. The zero-order chi connectivity index (χ0) is 12.6. The lowest BCUT2D eigenvalue weighted by molar-refractivity contribution is -0.139. The van der Waals surface area contributed by atoms with Gasteiger partial charge in [-0.25, -0.2) is 0 Å². The van der Waals surface area contributed by atoms with Crippen LogP contribution >= 0.6 is 0 Å². The van der Waals surface area contributed by atoms with Crippen LogP contribution in [0.4, 0.5) is 0 Å². The molecule has 0 unspecified atom stereocenters. The molecule has 4 heteroatoms. The lowest BCUT2D eigenvalue weighted by Gasteiger charge is -2.25. The highest BCUT2D eigenvalue weighted by molar-refractivity contribution is 5.83. The molecule has 1 saturated heterocycles. The molecular formula is C14H14O4. The smallest absolute Gasteiger partial charge is 0.316 e. The highest BCUT2D eigenvalue weighted by Gasteiger charge is 2.52. The van der Waals surface area contributed by atoms with Gasteiger partial charge >= 0.3 is 5.97 Å². The average molecular weight is 246 g/mol. The Morgan fingerprint density at radius 2 is 2.33 bits per heavy atom. The van der Waals surface area contributed by atoms with Crippen LogP contribution in [0.1, 0.15) is 11.5 Å². The number of ether oxygens (including phenoxy) is 3. The molecule has 0 bridgehead atoms. The van der Waals surface area contributed by atoms with Gasteiger partial charge in [-0.2, -0.15) is 0 Å². The second-order valence-corrected chi connectivity index (χ2v) is 4.49. The van der Waals surface area contributed by atoms with Crippen molar-refractivity contribution in [1.82, 2.24) is 0 Å². The first-order chi connectivity index (χ1) is 8.75. The van der Waals surface area contributed by atoms with Crippen molar-refractivity contribution in [1.29, 1.82) is 0 Å². The van der Waals surface area contributed by atoms with E-state index in [0.717, 1.165) is 11.3 Å². The quantitative estimate of drug-likeness (QED) is 0.588. The molecular weight excluding hydrogens is 232 g/mol. The Morgan fingerprint density at radius 3 is 3.06 bits per heavy atom. The number of methoxy groups -OCH3 is 1. The monoisotopic (exact) mass is 246 g/mol. The average Bonchev–Trinajstić information content (AvgIpc) is 2.99. The summed E-state index contributed by atoms with van der Waals surface area (Å²) in [5, 5.41) is 0. The largest absolute Gasteiger partial charge is 0.497 e. The Labute approximate surface area is 105 Å². The number of carbonyl (C=O) groups excluding carboxylic acids is 1. The maximum Gasteiger partial charge on any atom is 0.316 e. The summed E-state index contributed by atoms with van der Waals surface area (Å²) < 4.78 is 16.1. The van der Waals surface area contributed by atoms with Crippen molar-refractivity contribution in [3.05, 3.63) is 42.0 Å². The molecule has 0 saturated carbocycles. The van der Waals surface area contributed by atoms with Crippen LogP contribution in [0.2, 0.25) is 0 Å². The number of esters is 1. The molecule has 0 aromatic heterocycles. The molecule has 2 aliphatic heterocycles. The molecule has 1 aromatic carbocycles. The predicted molar refractivity (Wildman–Crippen MR) is 64.5 cm³/mol. The normalized spacial score (nSPS) is 29.8. The summed E-state index contributed by atoms with van der Waals surface area (Å²) in [4.78, 5) is 12.0. The maximum atomic E-state index is 12.0. The molecule has 2 atom stereocenters. The van der Waals surface area contributed by atoms with Crippen LogP contribution in [-0.2, 0) is 14.3 Å². The van der Waals surface area contributed by atoms with E-state index in [4.69, 9.17) is 14.2 Å². The number of hydrogen-bond donors (Lipinski definition) is 0. The fourth-order valence-corrected chi connectivity index (χ4v) is 2.56. The van der Waals surface area contributed by atoms with Crippen LogP contribution in [0.3, 0.4) is 0 Å². The third-order valence-corrected chi connectivity index (χ3v) is 3.44. The number of cyclic esters (lactones) is 1. The maximum absolute atomic E-state index is 12.0. The van der Waals surface area contributed by atoms with E-state index in [1.165, 1.54) is 0 Å². The zero-order valence-corrected chi connectivity index (χ0v) is 10.1.